The van der Waals surface area contributed by atoms with Crippen LogP contribution in [0.4, 0.5) is 0 Å². The maximum absolute atomic E-state index is 5.48. The van der Waals surface area contributed by atoms with Gasteiger partial charge in [-0.05, 0) is 19.2 Å². The Bertz CT molecular complexity index is 886. The summed E-state index contributed by atoms with van der Waals surface area (Å²) >= 11 is 1.72. The Morgan fingerprint density at radius 2 is 1.81 bits per heavy atom. The van der Waals surface area contributed by atoms with E-state index in [0.29, 0.717) is 6.54 Å². The first kappa shape index (κ1) is 16.6. The minimum absolute atomic E-state index is 0.691. The van der Waals surface area contributed by atoms with Crippen molar-refractivity contribution in [1.29, 1.82) is 0 Å². The van der Waals surface area contributed by atoms with Crippen molar-refractivity contribution >= 4 is 11.3 Å². The molecule has 1 aromatic carbocycles. The zero-order chi connectivity index (χ0) is 17.8. The van der Waals surface area contributed by atoms with E-state index in [1.165, 1.54) is 4.88 Å². The van der Waals surface area contributed by atoms with Crippen molar-refractivity contribution in [2.24, 2.45) is 0 Å². The van der Waals surface area contributed by atoms with E-state index < -0.39 is 0 Å². The topological polar surface area (TPSA) is 55.1 Å². The first-order chi connectivity index (χ1) is 12.8. The summed E-state index contributed by atoms with van der Waals surface area (Å²) in [5, 5.41) is 5.20. The summed E-state index contributed by atoms with van der Waals surface area (Å²) in [6.45, 7) is 1.51. The van der Waals surface area contributed by atoms with Crippen LogP contribution in [-0.2, 0) is 13.1 Å². The zero-order valence-corrected chi connectivity index (χ0v) is 15.2. The van der Waals surface area contributed by atoms with Crippen LogP contribution < -0.4 is 0 Å². The molecule has 0 amide bonds. The van der Waals surface area contributed by atoms with Crippen molar-refractivity contribution in [1.82, 2.24) is 20.0 Å². The van der Waals surface area contributed by atoms with Gasteiger partial charge in [-0.2, -0.15) is 0 Å². The third kappa shape index (κ3) is 3.87. The number of hydrogen-bond acceptors (Lipinski definition) is 6. The van der Waals surface area contributed by atoms with Gasteiger partial charge in [0.25, 0.3) is 0 Å². The van der Waals surface area contributed by atoms with Gasteiger partial charge in [0.2, 0.25) is 0 Å². The lowest BCUT2D eigenvalue weighted by Gasteiger charge is -2.12. The molecule has 6 heteroatoms. The highest BCUT2D eigenvalue weighted by atomic mass is 32.1. The van der Waals surface area contributed by atoms with E-state index in [-0.39, 0.29) is 0 Å². The van der Waals surface area contributed by atoms with Gasteiger partial charge in [-0.25, -0.2) is 4.98 Å². The minimum atomic E-state index is 0.691. The van der Waals surface area contributed by atoms with Crippen molar-refractivity contribution in [2.45, 2.75) is 13.1 Å². The van der Waals surface area contributed by atoms with Gasteiger partial charge in [-0.15, -0.1) is 11.3 Å². The molecule has 0 unspecified atom stereocenters. The van der Waals surface area contributed by atoms with Crippen LogP contribution in [-0.4, -0.2) is 27.1 Å². The summed E-state index contributed by atoms with van der Waals surface area (Å²) in [7, 11) is 2.07. The monoisotopic (exact) mass is 362 g/mol. The fourth-order valence-corrected chi connectivity index (χ4v) is 3.73. The fraction of sp³-hybridized carbons (Fsp3) is 0.150. The highest BCUT2D eigenvalue weighted by molar-refractivity contribution is 7.15. The molecule has 0 bridgehead atoms. The van der Waals surface area contributed by atoms with E-state index in [4.69, 9.17) is 4.52 Å². The molecule has 0 fully saturated rings. The SMILES string of the molecule is CN(Cc1cc(-c2ccncc2)no1)Cc1cnc(-c2ccccc2)s1. The second-order valence-electron chi connectivity index (χ2n) is 6.08. The summed E-state index contributed by atoms with van der Waals surface area (Å²) in [4.78, 5) is 12.0. The highest BCUT2D eigenvalue weighted by Crippen LogP contribution is 2.26. The van der Waals surface area contributed by atoms with Crippen LogP contribution in [0.3, 0.4) is 0 Å². The van der Waals surface area contributed by atoms with Crippen LogP contribution in [0.2, 0.25) is 0 Å². The van der Waals surface area contributed by atoms with Gasteiger partial charge >= 0.3 is 0 Å². The predicted molar refractivity (Wildman–Crippen MR) is 102 cm³/mol. The molecule has 0 saturated heterocycles. The van der Waals surface area contributed by atoms with Gasteiger partial charge < -0.3 is 4.52 Å². The molecular formula is C20H18N4OS. The summed E-state index contributed by atoms with van der Waals surface area (Å²) in [6, 6.07) is 16.1. The molecule has 26 heavy (non-hydrogen) atoms. The molecule has 0 saturated carbocycles. The number of hydrogen-bond donors (Lipinski definition) is 0. The largest absolute Gasteiger partial charge is 0.359 e. The van der Waals surface area contributed by atoms with E-state index in [2.05, 4.69) is 39.2 Å². The minimum Gasteiger partial charge on any atom is -0.359 e. The lowest BCUT2D eigenvalue weighted by Crippen LogP contribution is -2.16. The molecule has 0 aliphatic rings. The summed E-state index contributed by atoms with van der Waals surface area (Å²) in [6.07, 6.45) is 5.46. The Morgan fingerprint density at radius 3 is 2.62 bits per heavy atom. The second kappa shape index (κ2) is 7.59. The zero-order valence-electron chi connectivity index (χ0n) is 14.4. The van der Waals surface area contributed by atoms with Crippen LogP contribution >= 0.6 is 11.3 Å². The van der Waals surface area contributed by atoms with Gasteiger partial charge in [0, 0.05) is 47.2 Å². The average Bonchev–Trinajstić information content (AvgIpc) is 3.33. The summed E-state index contributed by atoms with van der Waals surface area (Å²) in [5.74, 6) is 0.840. The van der Waals surface area contributed by atoms with Crippen LogP contribution in [0.25, 0.3) is 21.8 Å². The van der Waals surface area contributed by atoms with Crippen molar-refractivity contribution in [3.05, 3.63) is 77.8 Å². The van der Waals surface area contributed by atoms with Crippen molar-refractivity contribution in [2.75, 3.05) is 7.05 Å². The Balaban J connectivity index is 1.40. The molecule has 0 atom stereocenters. The van der Waals surface area contributed by atoms with Crippen molar-refractivity contribution in [3.63, 3.8) is 0 Å². The van der Waals surface area contributed by atoms with E-state index in [0.717, 1.165) is 34.1 Å². The second-order valence-corrected chi connectivity index (χ2v) is 7.20. The van der Waals surface area contributed by atoms with Crippen molar-refractivity contribution in [3.8, 4) is 21.8 Å². The van der Waals surface area contributed by atoms with E-state index in [1.54, 1.807) is 23.7 Å². The quantitative estimate of drug-likeness (QED) is 0.506. The van der Waals surface area contributed by atoms with Gasteiger partial charge in [0.15, 0.2) is 5.76 Å². The number of thiazole rings is 1. The van der Waals surface area contributed by atoms with Gasteiger partial charge in [0.05, 0.1) is 6.54 Å². The molecular weight excluding hydrogens is 344 g/mol. The van der Waals surface area contributed by atoms with Gasteiger partial charge in [0.1, 0.15) is 10.7 Å². The van der Waals surface area contributed by atoms with Crippen LogP contribution in [0.5, 0.6) is 0 Å². The van der Waals surface area contributed by atoms with Crippen LogP contribution in [0, 0.1) is 0 Å². The number of nitrogens with zero attached hydrogens (tertiary/aromatic N) is 4. The molecule has 4 aromatic rings. The smallest absolute Gasteiger partial charge is 0.151 e. The molecule has 0 aliphatic carbocycles. The maximum Gasteiger partial charge on any atom is 0.151 e. The Hall–Kier alpha value is -2.83. The highest BCUT2D eigenvalue weighted by Gasteiger charge is 2.11. The molecule has 0 radical (unpaired) electrons. The maximum atomic E-state index is 5.48. The first-order valence-electron chi connectivity index (χ1n) is 8.32. The number of rotatable bonds is 6. The summed E-state index contributed by atoms with van der Waals surface area (Å²) in [5.41, 5.74) is 3.00. The molecule has 3 heterocycles. The van der Waals surface area contributed by atoms with Gasteiger partial charge in [-0.1, -0.05) is 35.5 Å². The first-order valence-corrected chi connectivity index (χ1v) is 9.14. The molecule has 0 N–H and O–H groups in total. The molecule has 3 aromatic heterocycles. The van der Waals surface area contributed by atoms with E-state index in [1.807, 2.05) is 42.6 Å². The molecule has 5 nitrogen and oxygen atoms in total. The van der Waals surface area contributed by atoms with Gasteiger partial charge in [-0.3, -0.25) is 9.88 Å². The van der Waals surface area contributed by atoms with Crippen LogP contribution in [0.1, 0.15) is 10.6 Å². The normalized spacial score (nSPS) is 11.2. The Kier molecular flexibility index (Phi) is 4.86. The number of aromatic nitrogens is 3. The van der Waals surface area contributed by atoms with Crippen molar-refractivity contribution < 1.29 is 4.52 Å². The summed E-state index contributed by atoms with van der Waals surface area (Å²) < 4.78 is 5.48. The lowest BCUT2D eigenvalue weighted by atomic mass is 10.2. The van der Waals surface area contributed by atoms with Crippen LogP contribution in [0.15, 0.2) is 71.6 Å². The van der Waals surface area contributed by atoms with E-state index in [9.17, 15) is 0 Å². The Labute approximate surface area is 156 Å². The average molecular weight is 362 g/mol. The molecule has 0 spiro atoms. The molecule has 0 aliphatic heterocycles. The third-order valence-electron chi connectivity index (χ3n) is 3.96. The van der Waals surface area contributed by atoms with E-state index >= 15 is 0 Å². The lowest BCUT2D eigenvalue weighted by molar-refractivity contribution is 0.268. The number of pyridine rings is 1. The standard InChI is InChI=1S/C20H18N4OS/c1-24(13-17-11-19(23-25-17)15-7-9-21-10-8-15)14-18-12-22-20(26-18)16-5-3-2-4-6-16/h2-12H,13-14H2,1H3. The fourth-order valence-electron chi connectivity index (χ4n) is 2.73. The molecule has 4 rings (SSSR count). The predicted octanol–water partition coefficient (Wildman–Crippen LogP) is 4.49. The Morgan fingerprint density at radius 1 is 1.00 bits per heavy atom. The molecule has 130 valence electrons. The number of benzene rings is 1. The third-order valence-corrected chi connectivity index (χ3v) is 4.99.